The number of aromatic nitrogens is 2. The largest absolute Gasteiger partial charge is 0.493 e. The van der Waals surface area contributed by atoms with Gasteiger partial charge in [-0.3, -0.25) is 14.5 Å². The van der Waals surface area contributed by atoms with E-state index in [9.17, 15) is 14.9 Å². The average Bonchev–Trinajstić information content (AvgIpc) is 3.62. The summed E-state index contributed by atoms with van der Waals surface area (Å²) in [6.45, 7) is 8.54. The van der Waals surface area contributed by atoms with Gasteiger partial charge >= 0.3 is 0 Å². The van der Waals surface area contributed by atoms with Crippen molar-refractivity contribution in [2.45, 2.75) is 59.4 Å². The first-order valence-corrected chi connectivity index (χ1v) is 13.9. The Hall–Kier alpha value is -4.44. The van der Waals surface area contributed by atoms with Crippen LogP contribution in [0.2, 0.25) is 0 Å². The van der Waals surface area contributed by atoms with Gasteiger partial charge in [-0.1, -0.05) is 44.9 Å². The molecule has 0 atom stereocenters. The molecule has 0 saturated heterocycles. The maximum atomic E-state index is 13.8. The Kier molecular flexibility index (Phi) is 7.70. The Bertz CT molecular complexity index is 1550. The van der Waals surface area contributed by atoms with Crippen molar-refractivity contribution in [1.82, 2.24) is 14.7 Å². The number of hydrogen-bond donors (Lipinski definition) is 0. The molecule has 2 aromatic carbocycles. The highest BCUT2D eigenvalue weighted by Gasteiger charge is 2.40. The first kappa shape index (κ1) is 27.1. The molecule has 0 radical (unpaired) electrons. The molecular weight excluding hydrogens is 500 g/mol. The lowest BCUT2D eigenvalue weighted by atomic mass is 9.92. The van der Waals surface area contributed by atoms with E-state index in [1.54, 1.807) is 17.7 Å². The molecule has 2 heterocycles. The molecule has 3 aromatic rings. The number of nitriles is 1. The zero-order valence-electron chi connectivity index (χ0n) is 23.5. The molecule has 1 aromatic heterocycles. The third-order valence-electron chi connectivity index (χ3n) is 7.55. The van der Waals surface area contributed by atoms with Crippen LogP contribution >= 0.6 is 0 Å². The Morgan fingerprint density at radius 3 is 2.45 bits per heavy atom. The van der Waals surface area contributed by atoms with Crippen LogP contribution in [0.4, 0.5) is 0 Å². The Labute approximate surface area is 235 Å². The van der Waals surface area contributed by atoms with Crippen LogP contribution in [0.25, 0.3) is 23.0 Å². The van der Waals surface area contributed by atoms with Crippen LogP contribution in [-0.4, -0.2) is 39.1 Å². The standard InChI is InChI=1S/C33H34N4O3/c1-21(2)20-40-30-15-14-24(16-22(30)3)31-25(19-36(35-31)26-10-6-5-7-11-26)17-28-23(4)29(18-34)33(39)37(32(28)38)27-12-8-9-13-27/h5-7,10-11,14-17,19,21,27H,8-9,12-13,20H2,1-4H3/b28-17+. The van der Waals surface area contributed by atoms with Crippen molar-refractivity contribution in [3.05, 3.63) is 82.6 Å². The third-order valence-corrected chi connectivity index (χ3v) is 7.55. The van der Waals surface area contributed by atoms with Crippen molar-refractivity contribution in [2.75, 3.05) is 6.61 Å². The van der Waals surface area contributed by atoms with Crippen LogP contribution in [0.15, 0.2) is 71.4 Å². The number of benzene rings is 2. The van der Waals surface area contributed by atoms with E-state index in [-0.39, 0.29) is 17.5 Å². The van der Waals surface area contributed by atoms with Crippen LogP contribution in [0.3, 0.4) is 0 Å². The summed E-state index contributed by atoms with van der Waals surface area (Å²) in [5.41, 5.74) is 4.94. The van der Waals surface area contributed by atoms with Gasteiger partial charge < -0.3 is 4.74 Å². The highest BCUT2D eigenvalue weighted by molar-refractivity contribution is 6.20. The molecule has 1 aliphatic heterocycles. The van der Waals surface area contributed by atoms with Crippen molar-refractivity contribution < 1.29 is 14.3 Å². The van der Waals surface area contributed by atoms with E-state index < -0.39 is 5.91 Å². The molecule has 0 unspecified atom stereocenters. The minimum atomic E-state index is -0.484. The Morgan fingerprint density at radius 2 is 1.80 bits per heavy atom. The highest BCUT2D eigenvalue weighted by atomic mass is 16.5. The lowest BCUT2D eigenvalue weighted by Crippen LogP contribution is -2.47. The molecule has 7 heteroatoms. The SMILES string of the molecule is CC1=C(C#N)C(=O)N(C2CCCC2)C(=O)/C1=C/c1cn(-c2ccccc2)nc1-c1ccc(OCC(C)C)c(C)c1. The van der Waals surface area contributed by atoms with Gasteiger partial charge in [0.1, 0.15) is 17.4 Å². The zero-order valence-corrected chi connectivity index (χ0v) is 23.5. The van der Waals surface area contributed by atoms with Crippen molar-refractivity contribution in [1.29, 1.82) is 5.26 Å². The maximum absolute atomic E-state index is 13.8. The van der Waals surface area contributed by atoms with Gasteiger partial charge in [-0.2, -0.15) is 10.4 Å². The van der Waals surface area contributed by atoms with Gasteiger partial charge in [-0.25, -0.2) is 4.68 Å². The van der Waals surface area contributed by atoms with Crippen LogP contribution in [0.5, 0.6) is 5.75 Å². The van der Waals surface area contributed by atoms with Crippen molar-refractivity contribution >= 4 is 17.9 Å². The molecule has 1 fully saturated rings. The van der Waals surface area contributed by atoms with Crippen molar-refractivity contribution in [3.8, 4) is 28.8 Å². The smallest absolute Gasteiger partial charge is 0.271 e. The molecule has 40 heavy (non-hydrogen) atoms. The Balaban J connectivity index is 1.63. The number of nitrogens with zero attached hydrogens (tertiary/aromatic N) is 4. The fourth-order valence-electron chi connectivity index (χ4n) is 5.39. The summed E-state index contributed by atoms with van der Waals surface area (Å²) in [5, 5.41) is 14.8. The van der Waals surface area contributed by atoms with E-state index >= 15 is 0 Å². The monoisotopic (exact) mass is 534 g/mol. The quantitative estimate of drug-likeness (QED) is 0.258. The molecular formula is C33H34N4O3. The number of carbonyl (C=O) groups is 2. The number of imide groups is 1. The number of hydrogen-bond acceptors (Lipinski definition) is 5. The predicted molar refractivity (Wildman–Crippen MR) is 154 cm³/mol. The molecule has 1 aliphatic carbocycles. The lowest BCUT2D eigenvalue weighted by molar-refractivity contribution is -0.143. The van der Waals surface area contributed by atoms with Gasteiger partial charge in [0.2, 0.25) is 0 Å². The maximum Gasteiger partial charge on any atom is 0.271 e. The number of amides is 2. The summed E-state index contributed by atoms with van der Waals surface area (Å²) in [6, 6.07) is 17.6. The molecule has 5 rings (SSSR count). The van der Waals surface area contributed by atoms with E-state index in [0.717, 1.165) is 53.8 Å². The first-order chi connectivity index (χ1) is 19.3. The molecule has 2 aliphatic rings. The number of carbonyl (C=O) groups excluding carboxylic acids is 2. The molecule has 0 bridgehead atoms. The van der Waals surface area contributed by atoms with Gasteiger partial charge in [0.15, 0.2) is 0 Å². The van der Waals surface area contributed by atoms with Crippen LogP contribution in [0, 0.1) is 24.2 Å². The van der Waals surface area contributed by atoms with E-state index in [1.807, 2.05) is 61.7 Å². The minimum absolute atomic E-state index is 0.0252. The third kappa shape index (κ3) is 5.22. The van der Waals surface area contributed by atoms with Crippen LogP contribution < -0.4 is 4.74 Å². The summed E-state index contributed by atoms with van der Waals surface area (Å²) < 4.78 is 7.77. The molecule has 0 N–H and O–H groups in total. The second-order valence-electron chi connectivity index (χ2n) is 11.0. The fourth-order valence-corrected chi connectivity index (χ4v) is 5.39. The normalized spacial score (nSPS) is 17.3. The lowest BCUT2D eigenvalue weighted by Gasteiger charge is -2.32. The second-order valence-corrected chi connectivity index (χ2v) is 11.0. The Morgan fingerprint density at radius 1 is 1.07 bits per heavy atom. The first-order valence-electron chi connectivity index (χ1n) is 13.9. The van der Waals surface area contributed by atoms with Crippen LogP contribution in [0.1, 0.15) is 57.6 Å². The summed E-state index contributed by atoms with van der Waals surface area (Å²) in [4.78, 5) is 28.3. The fraction of sp³-hybridized carbons (Fsp3) is 0.333. The number of rotatable bonds is 7. The van der Waals surface area contributed by atoms with Crippen molar-refractivity contribution in [2.24, 2.45) is 5.92 Å². The number of aryl methyl sites for hydroxylation is 1. The predicted octanol–water partition coefficient (Wildman–Crippen LogP) is 6.42. The minimum Gasteiger partial charge on any atom is -0.493 e. The van der Waals surface area contributed by atoms with Gasteiger partial charge in [0.25, 0.3) is 11.8 Å². The topological polar surface area (TPSA) is 88.2 Å². The van der Waals surface area contributed by atoms with Crippen molar-refractivity contribution in [3.63, 3.8) is 0 Å². The van der Waals surface area contributed by atoms with Gasteiger partial charge in [-0.15, -0.1) is 0 Å². The van der Waals surface area contributed by atoms with Gasteiger partial charge in [-0.05, 0) is 80.2 Å². The van der Waals surface area contributed by atoms with Crippen LogP contribution in [-0.2, 0) is 9.59 Å². The summed E-state index contributed by atoms with van der Waals surface area (Å²) in [5.74, 6) is 0.407. The second kappa shape index (κ2) is 11.4. The number of ether oxygens (including phenoxy) is 1. The molecule has 0 spiro atoms. The van der Waals surface area contributed by atoms with E-state index in [0.29, 0.717) is 29.4 Å². The summed E-state index contributed by atoms with van der Waals surface area (Å²) in [6.07, 6.45) is 7.14. The van der Waals surface area contributed by atoms with Gasteiger partial charge in [0.05, 0.1) is 18.0 Å². The van der Waals surface area contributed by atoms with E-state index in [4.69, 9.17) is 9.84 Å². The number of para-hydroxylation sites is 1. The summed E-state index contributed by atoms with van der Waals surface area (Å²) in [7, 11) is 0. The molecule has 7 nitrogen and oxygen atoms in total. The summed E-state index contributed by atoms with van der Waals surface area (Å²) >= 11 is 0. The van der Waals surface area contributed by atoms with Gasteiger partial charge in [0, 0.05) is 28.9 Å². The zero-order chi connectivity index (χ0) is 28.4. The highest BCUT2D eigenvalue weighted by Crippen LogP contribution is 2.35. The van der Waals surface area contributed by atoms with E-state index in [1.165, 1.54) is 4.90 Å². The molecule has 1 saturated carbocycles. The molecule has 204 valence electrons. The average molecular weight is 535 g/mol. The molecule has 2 amide bonds. The van der Waals surface area contributed by atoms with E-state index in [2.05, 4.69) is 19.9 Å².